The molecule has 2 fully saturated rings. The summed E-state index contributed by atoms with van der Waals surface area (Å²) in [5, 5.41) is 0. The van der Waals surface area contributed by atoms with Crippen molar-refractivity contribution in [2.75, 3.05) is 19.6 Å². The van der Waals surface area contributed by atoms with Gasteiger partial charge in [0.05, 0.1) is 0 Å². The molecule has 0 aromatic heterocycles. The molecule has 0 N–H and O–H groups in total. The Morgan fingerprint density at radius 2 is 1.83 bits per heavy atom. The molecule has 4 heteroatoms. The Morgan fingerprint density at radius 3 is 2.62 bits per heavy atom. The lowest BCUT2D eigenvalue weighted by atomic mass is 9.83. The Morgan fingerprint density at radius 1 is 0.966 bits per heavy atom. The van der Waals surface area contributed by atoms with Gasteiger partial charge in [-0.3, -0.25) is 9.59 Å². The zero-order valence-electron chi connectivity index (χ0n) is 17.5. The molecule has 1 aromatic carbocycles. The van der Waals surface area contributed by atoms with Crippen LogP contribution in [0.1, 0.15) is 63.4 Å². The van der Waals surface area contributed by atoms with E-state index in [0.29, 0.717) is 30.7 Å². The van der Waals surface area contributed by atoms with Crippen LogP contribution < -0.4 is 0 Å². The minimum Gasteiger partial charge on any atom is -0.342 e. The number of carbonyl (C=O) groups is 2. The van der Waals surface area contributed by atoms with Gasteiger partial charge >= 0.3 is 0 Å². The summed E-state index contributed by atoms with van der Waals surface area (Å²) in [7, 11) is 0. The van der Waals surface area contributed by atoms with Crippen LogP contribution in [0.5, 0.6) is 0 Å². The fourth-order valence-corrected chi connectivity index (χ4v) is 5.35. The number of hydrogen-bond donors (Lipinski definition) is 0. The molecule has 0 bridgehead atoms. The third-order valence-electron chi connectivity index (χ3n) is 6.97. The van der Waals surface area contributed by atoms with Crippen LogP contribution in [0, 0.1) is 5.92 Å². The Bertz CT molecular complexity index is 742. The summed E-state index contributed by atoms with van der Waals surface area (Å²) in [4.78, 5) is 30.0. The molecular weight excluding hydrogens is 360 g/mol. The van der Waals surface area contributed by atoms with Gasteiger partial charge in [0.2, 0.25) is 11.8 Å². The minimum absolute atomic E-state index is 0.267. The van der Waals surface area contributed by atoms with Gasteiger partial charge in [0.25, 0.3) is 0 Å². The molecule has 156 valence electrons. The summed E-state index contributed by atoms with van der Waals surface area (Å²) >= 11 is 0. The molecule has 0 spiro atoms. The predicted molar refractivity (Wildman–Crippen MR) is 115 cm³/mol. The van der Waals surface area contributed by atoms with Crippen molar-refractivity contribution < 1.29 is 9.59 Å². The summed E-state index contributed by atoms with van der Waals surface area (Å²) in [5.41, 5.74) is 2.57. The fraction of sp³-hybridized carbons (Fsp3) is 0.600. The molecular formula is C25H34N2O2. The molecule has 29 heavy (non-hydrogen) atoms. The number of benzene rings is 1. The van der Waals surface area contributed by atoms with E-state index in [2.05, 4.69) is 28.0 Å². The number of aryl methyl sites for hydroxylation is 1. The summed E-state index contributed by atoms with van der Waals surface area (Å²) in [5.74, 6) is 1.03. The van der Waals surface area contributed by atoms with Crippen molar-refractivity contribution in [3.8, 4) is 0 Å². The van der Waals surface area contributed by atoms with Gasteiger partial charge in [-0.2, -0.15) is 0 Å². The zero-order chi connectivity index (χ0) is 20.1. The topological polar surface area (TPSA) is 40.6 Å². The number of carbonyl (C=O) groups excluding carboxylic acids is 2. The van der Waals surface area contributed by atoms with Gasteiger partial charge in [-0.15, -0.1) is 0 Å². The second kappa shape index (κ2) is 9.60. The maximum atomic E-state index is 13.0. The monoisotopic (exact) mass is 394 g/mol. The molecule has 3 aliphatic rings. The molecule has 0 unspecified atom stereocenters. The molecule has 1 aliphatic carbocycles. The van der Waals surface area contributed by atoms with Crippen LogP contribution in [-0.2, 0) is 16.0 Å². The lowest BCUT2D eigenvalue weighted by molar-refractivity contribution is -0.141. The van der Waals surface area contributed by atoms with E-state index in [1.165, 1.54) is 24.0 Å². The Hall–Kier alpha value is -2.10. The molecule has 2 aliphatic heterocycles. The van der Waals surface area contributed by atoms with E-state index in [4.69, 9.17) is 0 Å². The quantitative estimate of drug-likeness (QED) is 0.697. The number of hydrogen-bond acceptors (Lipinski definition) is 2. The molecule has 2 heterocycles. The standard InChI is InChI=1S/C25H34N2O2/c28-24(14-13-20-8-3-1-4-9-20)26-17-15-23-22(19-26)12-7-16-27(23)25(29)18-21-10-5-2-6-11-21/h1,3-4,8-10,22-23H,2,5-7,11-19H2/t22-,23-/m1/s1. The first-order valence-corrected chi connectivity index (χ1v) is 11.5. The van der Waals surface area contributed by atoms with Gasteiger partial charge in [0.15, 0.2) is 0 Å². The molecule has 4 nitrogen and oxygen atoms in total. The van der Waals surface area contributed by atoms with E-state index in [1.54, 1.807) is 0 Å². The van der Waals surface area contributed by atoms with E-state index in [0.717, 1.165) is 58.2 Å². The van der Waals surface area contributed by atoms with Crippen molar-refractivity contribution in [3.05, 3.63) is 47.5 Å². The van der Waals surface area contributed by atoms with Gasteiger partial charge in [-0.05, 0) is 62.8 Å². The summed E-state index contributed by atoms with van der Waals surface area (Å²) < 4.78 is 0. The number of nitrogens with zero attached hydrogens (tertiary/aromatic N) is 2. The minimum atomic E-state index is 0.267. The number of likely N-dealkylation sites (tertiary alicyclic amines) is 2. The fourth-order valence-electron chi connectivity index (χ4n) is 5.35. The first kappa shape index (κ1) is 20.2. The third kappa shape index (κ3) is 5.09. The van der Waals surface area contributed by atoms with Gasteiger partial charge in [0.1, 0.15) is 0 Å². The second-order valence-corrected chi connectivity index (χ2v) is 8.96. The number of allylic oxidation sites excluding steroid dienone is 1. The first-order valence-electron chi connectivity index (χ1n) is 11.5. The highest BCUT2D eigenvalue weighted by Crippen LogP contribution is 2.32. The largest absolute Gasteiger partial charge is 0.342 e. The SMILES string of the molecule is O=C(CCc1ccccc1)N1CC[C@@H]2[C@H](CCCN2C(=O)CC2=CCCCC2)C1. The van der Waals surface area contributed by atoms with Crippen LogP contribution in [0.2, 0.25) is 0 Å². The van der Waals surface area contributed by atoms with E-state index in [9.17, 15) is 9.59 Å². The van der Waals surface area contributed by atoms with E-state index >= 15 is 0 Å². The van der Waals surface area contributed by atoms with Gasteiger partial charge in [-0.1, -0.05) is 42.0 Å². The number of fused-ring (bicyclic) bond motifs is 1. The summed E-state index contributed by atoms with van der Waals surface area (Å²) in [6.45, 7) is 2.52. The number of amides is 2. The first-order chi connectivity index (χ1) is 14.2. The lowest BCUT2D eigenvalue weighted by Gasteiger charge is -2.47. The molecule has 2 atom stereocenters. The van der Waals surface area contributed by atoms with Crippen LogP contribution >= 0.6 is 0 Å². The van der Waals surface area contributed by atoms with Crippen molar-refractivity contribution in [2.45, 2.75) is 70.3 Å². The normalized spacial score (nSPS) is 24.6. The van der Waals surface area contributed by atoms with Crippen molar-refractivity contribution in [1.29, 1.82) is 0 Å². The van der Waals surface area contributed by atoms with Crippen LogP contribution in [-0.4, -0.2) is 47.3 Å². The zero-order valence-corrected chi connectivity index (χ0v) is 17.5. The van der Waals surface area contributed by atoms with Crippen molar-refractivity contribution in [3.63, 3.8) is 0 Å². The van der Waals surface area contributed by atoms with E-state index < -0.39 is 0 Å². The Balaban J connectivity index is 1.30. The molecule has 1 aromatic rings. The molecule has 0 saturated carbocycles. The molecule has 2 saturated heterocycles. The van der Waals surface area contributed by atoms with Crippen molar-refractivity contribution in [1.82, 2.24) is 9.80 Å². The van der Waals surface area contributed by atoms with Crippen LogP contribution in [0.15, 0.2) is 42.0 Å². The van der Waals surface area contributed by atoms with Crippen LogP contribution in [0.25, 0.3) is 0 Å². The number of rotatable bonds is 5. The molecule has 4 rings (SSSR count). The number of piperidine rings is 2. The van der Waals surface area contributed by atoms with E-state index in [-0.39, 0.29) is 5.91 Å². The highest BCUT2D eigenvalue weighted by atomic mass is 16.2. The van der Waals surface area contributed by atoms with Crippen molar-refractivity contribution in [2.24, 2.45) is 5.92 Å². The lowest BCUT2D eigenvalue weighted by Crippen LogP contribution is -2.56. The van der Waals surface area contributed by atoms with Gasteiger partial charge in [-0.25, -0.2) is 0 Å². The van der Waals surface area contributed by atoms with Crippen LogP contribution in [0.4, 0.5) is 0 Å². The highest BCUT2D eigenvalue weighted by molar-refractivity contribution is 5.79. The Labute approximate surface area is 175 Å². The van der Waals surface area contributed by atoms with Crippen molar-refractivity contribution >= 4 is 11.8 Å². The Kier molecular flexibility index (Phi) is 6.68. The summed E-state index contributed by atoms with van der Waals surface area (Å²) in [6, 6.07) is 10.6. The second-order valence-electron chi connectivity index (χ2n) is 8.96. The van der Waals surface area contributed by atoms with Crippen LogP contribution in [0.3, 0.4) is 0 Å². The predicted octanol–water partition coefficient (Wildman–Crippen LogP) is 4.35. The van der Waals surface area contributed by atoms with Gasteiger partial charge in [0, 0.05) is 38.5 Å². The summed E-state index contributed by atoms with van der Waals surface area (Å²) in [6.07, 6.45) is 12.2. The molecule has 2 amide bonds. The van der Waals surface area contributed by atoms with E-state index in [1.807, 2.05) is 18.2 Å². The van der Waals surface area contributed by atoms with Gasteiger partial charge < -0.3 is 9.80 Å². The average molecular weight is 395 g/mol. The highest BCUT2D eigenvalue weighted by Gasteiger charge is 2.39. The maximum Gasteiger partial charge on any atom is 0.226 e. The smallest absolute Gasteiger partial charge is 0.226 e. The maximum absolute atomic E-state index is 13.0. The average Bonchev–Trinajstić information content (AvgIpc) is 2.78. The third-order valence-corrected chi connectivity index (χ3v) is 6.97. The molecule has 0 radical (unpaired) electrons.